The van der Waals surface area contributed by atoms with E-state index in [-0.39, 0.29) is 16.7 Å². The zero-order chi connectivity index (χ0) is 13.8. The van der Waals surface area contributed by atoms with Crippen molar-refractivity contribution >= 4 is 11.4 Å². The first-order chi connectivity index (χ1) is 9.15. The number of methoxy groups -OCH3 is 1. The van der Waals surface area contributed by atoms with Gasteiger partial charge in [0.2, 0.25) is 0 Å². The Morgan fingerprint density at radius 2 is 2.37 bits per heavy atom. The van der Waals surface area contributed by atoms with Gasteiger partial charge in [-0.05, 0) is 24.5 Å². The molecule has 1 aromatic rings. The highest BCUT2D eigenvalue weighted by Gasteiger charge is 2.25. The van der Waals surface area contributed by atoms with Crippen molar-refractivity contribution in [3.8, 4) is 0 Å². The lowest BCUT2D eigenvalue weighted by Crippen LogP contribution is -2.39. The third kappa shape index (κ3) is 3.02. The van der Waals surface area contributed by atoms with Crippen LogP contribution in [0.4, 0.5) is 11.4 Å². The molecule has 6 heteroatoms. The van der Waals surface area contributed by atoms with E-state index in [4.69, 9.17) is 10.5 Å². The van der Waals surface area contributed by atoms with E-state index in [1.165, 1.54) is 6.07 Å². The van der Waals surface area contributed by atoms with E-state index in [9.17, 15) is 10.1 Å². The molecular formula is C13H19N3O3. The Bertz CT molecular complexity index is 464. The number of nitrogens with zero attached hydrogens (tertiary/aromatic N) is 2. The molecule has 19 heavy (non-hydrogen) atoms. The number of ether oxygens (including phenoxy) is 1. The Balaban J connectivity index is 2.32. The van der Waals surface area contributed by atoms with Gasteiger partial charge in [-0.3, -0.25) is 10.1 Å². The van der Waals surface area contributed by atoms with E-state index < -0.39 is 0 Å². The molecule has 104 valence electrons. The van der Waals surface area contributed by atoms with Crippen molar-refractivity contribution < 1.29 is 9.66 Å². The summed E-state index contributed by atoms with van der Waals surface area (Å²) in [6.07, 6.45) is 2.11. The summed E-state index contributed by atoms with van der Waals surface area (Å²) in [5, 5.41) is 11.1. The van der Waals surface area contributed by atoms with Gasteiger partial charge in [-0.15, -0.1) is 0 Å². The molecule has 0 aliphatic carbocycles. The predicted octanol–water partition coefficient (Wildman–Crippen LogP) is 1.67. The lowest BCUT2D eigenvalue weighted by Gasteiger charge is -2.33. The predicted molar refractivity (Wildman–Crippen MR) is 73.2 cm³/mol. The van der Waals surface area contributed by atoms with E-state index in [0.29, 0.717) is 18.8 Å². The van der Waals surface area contributed by atoms with Crippen molar-refractivity contribution in [2.24, 2.45) is 5.73 Å². The van der Waals surface area contributed by atoms with Crippen LogP contribution in [-0.2, 0) is 11.3 Å². The summed E-state index contributed by atoms with van der Waals surface area (Å²) in [6, 6.07) is 5.06. The monoisotopic (exact) mass is 265 g/mol. The van der Waals surface area contributed by atoms with E-state index in [0.717, 1.165) is 24.9 Å². The van der Waals surface area contributed by atoms with Gasteiger partial charge in [0.25, 0.3) is 5.69 Å². The average molecular weight is 265 g/mol. The Kier molecular flexibility index (Phi) is 4.34. The molecule has 2 N–H and O–H groups in total. The standard InChI is InChI=1S/C13H19N3O3/c1-19-11-3-2-6-15(9-11)13-7-10(8-14)4-5-12(13)16(17)18/h4-5,7,11H,2-3,6,8-9,14H2,1H3/t11-/m0/s1. The maximum absolute atomic E-state index is 11.1. The maximum Gasteiger partial charge on any atom is 0.292 e. The fraction of sp³-hybridized carbons (Fsp3) is 0.538. The van der Waals surface area contributed by atoms with Crippen LogP contribution in [0.15, 0.2) is 18.2 Å². The largest absolute Gasteiger partial charge is 0.380 e. The number of piperidine rings is 1. The lowest BCUT2D eigenvalue weighted by atomic mass is 10.1. The molecule has 0 aromatic heterocycles. The minimum atomic E-state index is -0.341. The molecule has 0 radical (unpaired) electrons. The van der Waals surface area contributed by atoms with Gasteiger partial charge in [-0.25, -0.2) is 0 Å². The van der Waals surface area contributed by atoms with Crippen LogP contribution in [-0.4, -0.2) is 31.2 Å². The number of hydrogen-bond acceptors (Lipinski definition) is 5. The molecule has 6 nitrogen and oxygen atoms in total. The minimum absolute atomic E-state index is 0.133. The number of anilines is 1. The van der Waals surface area contributed by atoms with Crippen LogP contribution < -0.4 is 10.6 Å². The topological polar surface area (TPSA) is 81.6 Å². The quantitative estimate of drug-likeness (QED) is 0.661. The second-order valence-electron chi connectivity index (χ2n) is 4.73. The zero-order valence-electron chi connectivity index (χ0n) is 11.0. The Morgan fingerprint density at radius 3 is 3.00 bits per heavy atom. The number of nitro benzene ring substituents is 1. The number of hydrogen-bond donors (Lipinski definition) is 1. The summed E-state index contributed by atoms with van der Waals surface area (Å²) in [7, 11) is 1.68. The third-order valence-corrected chi connectivity index (χ3v) is 3.52. The molecule has 1 aromatic carbocycles. The lowest BCUT2D eigenvalue weighted by molar-refractivity contribution is -0.384. The Hall–Kier alpha value is -1.66. The van der Waals surface area contributed by atoms with Gasteiger partial charge in [0.15, 0.2) is 0 Å². The van der Waals surface area contributed by atoms with Gasteiger partial charge in [-0.1, -0.05) is 6.07 Å². The SMILES string of the molecule is CO[C@H]1CCCN(c2cc(CN)ccc2[N+](=O)[O-])C1. The summed E-state index contributed by atoms with van der Waals surface area (Å²) < 4.78 is 5.36. The fourth-order valence-electron chi connectivity index (χ4n) is 2.45. The first kappa shape index (κ1) is 13.8. The van der Waals surface area contributed by atoms with Crippen molar-refractivity contribution in [1.82, 2.24) is 0 Å². The Morgan fingerprint density at radius 1 is 1.58 bits per heavy atom. The summed E-state index contributed by atoms with van der Waals surface area (Å²) in [6.45, 7) is 1.88. The molecule has 1 aliphatic heterocycles. The molecule has 0 unspecified atom stereocenters. The van der Waals surface area contributed by atoms with Crippen LogP contribution in [0, 0.1) is 10.1 Å². The van der Waals surface area contributed by atoms with Crippen molar-refractivity contribution in [2.45, 2.75) is 25.5 Å². The summed E-state index contributed by atoms with van der Waals surface area (Å²) in [5.74, 6) is 0. The second kappa shape index (κ2) is 5.99. The van der Waals surface area contributed by atoms with Gasteiger partial charge >= 0.3 is 0 Å². The van der Waals surface area contributed by atoms with Gasteiger partial charge in [0.1, 0.15) is 5.69 Å². The molecular weight excluding hydrogens is 246 g/mol. The van der Waals surface area contributed by atoms with E-state index in [2.05, 4.69) is 0 Å². The molecule has 0 spiro atoms. The maximum atomic E-state index is 11.1. The third-order valence-electron chi connectivity index (χ3n) is 3.52. The van der Waals surface area contributed by atoms with Crippen LogP contribution in [0.25, 0.3) is 0 Å². The highest BCUT2D eigenvalue weighted by molar-refractivity contribution is 5.64. The number of nitrogens with two attached hydrogens (primary N) is 1. The van der Waals surface area contributed by atoms with Gasteiger partial charge in [0.05, 0.1) is 11.0 Å². The summed E-state index contributed by atoms with van der Waals surface area (Å²) in [5.41, 5.74) is 7.30. The molecule has 0 bridgehead atoms. The molecule has 1 aliphatic rings. The minimum Gasteiger partial charge on any atom is -0.380 e. The van der Waals surface area contributed by atoms with E-state index in [1.807, 2.05) is 11.0 Å². The Labute approximate surface area is 112 Å². The highest BCUT2D eigenvalue weighted by atomic mass is 16.6. The highest BCUT2D eigenvalue weighted by Crippen LogP contribution is 2.31. The van der Waals surface area contributed by atoms with Gasteiger partial charge in [-0.2, -0.15) is 0 Å². The van der Waals surface area contributed by atoms with Crippen LogP contribution >= 0.6 is 0 Å². The van der Waals surface area contributed by atoms with Crippen molar-refractivity contribution in [2.75, 3.05) is 25.1 Å². The van der Waals surface area contributed by atoms with Crippen LogP contribution in [0.2, 0.25) is 0 Å². The van der Waals surface area contributed by atoms with Crippen LogP contribution in [0.5, 0.6) is 0 Å². The smallest absolute Gasteiger partial charge is 0.292 e. The van der Waals surface area contributed by atoms with Crippen molar-refractivity contribution in [3.63, 3.8) is 0 Å². The molecule has 1 fully saturated rings. The molecule has 0 saturated carbocycles. The zero-order valence-corrected chi connectivity index (χ0v) is 11.0. The van der Waals surface area contributed by atoms with Crippen molar-refractivity contribution in [1.29, 1.82) is 0 Å². The number of nitro groups is 1. The number of rotatable bonds is 4. The second-order valence-corrected chi connectivity index (χ2v) is 4.73. The van der Waals surface area contributed by atoms with E-state index in [1.54, 1.807) is 13.2 Å². The van der Waals surface area contributed by atoms with E-state index >= 15 is 0 Å². The van der Waals surface area contributed by atoms with Crippen LogP contribution in [0.1, 0.15) is 18.4 Å². The molecule has 1 atom stereocenters. The molecule has 1 heterocycles. The molecule has 1 saturated heterocycles. The average Bonchev–Trinajstić information content (AvgIpc) is 2.46. The molecule has 2 rings (SSSR count). The first-order valence-electron chi connectivity index (χ1n) is 6.41. The summed E-state index contributed by atoms with van der Waals surface area (Å²) in [4.78, 5) is 12.8. The molecule has 0 amide bonds. The normalized spacial score (nSPS) is 19.5. The van der Waals surface area contributed by atoms with Gasteiger partial charge in [0, 0.05) is 32.8 Å². The van der Waals surface area contributed by atoms with Gasteiger partial charge < -0.3 is 15.4 Å². The fourth-order valence-corrected chi connectivity index (χ4v) is 2.45. The van der Waals surface area contributed by atoms with Crippen molar-refractivity contribution in [3.05, 3.63) is 33.9 Å². The van der Waals surface area contributed by atoms with Crippen LogP contribution in [0.3, 0.4) is 0 Å². The summed E-state index contributed by atoms with van der Waals surface area (Å²) >= 11 is 0. The first-order valence-corrected chi connectivity index (χ1v) is 6.41. The number of benzene rings is 1.